The minimum absolute atomic E-state index is 0.303. The van der Waals surface area contributed by atoms with Gasteiger partial charge in [0.25, 0.3) is 0 Å². The predicted molar refractivity (Wildman–Crippen MR) is 65.9 cm³/mol. The van der Waals surface area contributed by atoms with Crippen LogP contribution in [0.2, 0.25) is 0 Å². The van der Waals surface area contributed by atoms with Gasteiger partial charge in [-0.15, -0.1) is 0 Å². The van der Waals surface area contributed by atoms with Crippen molar-refractivity contribution < 1.29 is 8.42 Å². The van der Waals surface area contributed by atoms with Gasteiger partial charge < -0.3 is 5.73 Å². The lowest BCUT2D eigenvalue weighted by Crippen LogP contribution is -2.25. The number of hydrogen-bond acceptors (Lipinski definition) is 3. The van der Waals surface area contributed by atoms with E-state index in [1.165, 1.54) is 0 Å². The molecule has 0 saturated carbocycles. The summed E-state index contributed by atoms with van der Waals surface area (Å²) in [5, 5.41) is 0. The maximum atomic E-state index is 12.0. The van der Waals surface area contributed by atoms with Crippen LogP contribution in [-0.2, 0) is 10.0 Å². The molecule has 1 aromatic rings. The Morgan fingerprint density at radius 3 is 2.31 bits per heavy atom. The van der Waals surface area contributed by atoms with Crippen molar-refractivity contribution in [3.63, 3.8) is 0 Å². The topological polar surface area (TPSA) is 72.2 Å². The molecule has 90 valence electrons. The fraction of sp³-hybridized carbons (Fsp3) is 0.455. The van der Waals surface area contributed by atoms with Crippen LogP contribution in [0.15, 0.2) is 11.0 Å². The van der Waals surface area contributed by atoms with Gasteiger partial charge in [-0.1, -0.05) is 13.0 Å². The van der Waals surface area contributed by atoms with Gasteiger partial charge in [0.15, 0.2) is 0 Å². The van der Waals surface area contributed by atoms with Gasteiger partial charge in [0.2, 0.25) is 10.0 Å². The van der Waals surface area contributed by atoms with E-state index < -0.39 is 10.0 Å². The maximum Gasteiger partial charge on any atom is 0.241 e. The first-order valence-corrected chi connectivity index (χ1v) is 6.65. The summed E-state index contributed by atoms with van der Waals surface area (Å²) in [7, 11) is -3.44. The fourth-order valence-electron chi connectivity index (χ4n) is 1.86. The molecule has 0 amide bonds. The third-order valence-electron chi connectivity index (χ3n) is 2.56. The number of nitrogens with one attached hydrogen (secondary N) is 1. The minimum Gasteiger partial charge on any atom is -0.398 e. The zero-order chi connectivity index (χ0) is 12.5. The normalized spacial score (nSPS) is 11.8. The molecule has 0 radical (unpaired) electrons. The summed E-state index contributed by atoms with van der Waals surface area (Å²) >= 11 is 0. The van der Waals surface area contributed by atoms with E-state index in [-0.39, 0.29) is 0 Å². The highest BCUT2D eigenvalue weighted by Crippen LogP contribution is 2.27. The molecule has 0 aromatic heterocycles. The molecule has 0 heterocycles. The standard InChI is InChI=1S/C11H18N2O2S/c1-5-13-16(14,15)11-8(3)6-7(2)10(12)9(11)4/h6,13H,5,12H2,1-4H3. The smallest absolute Gasteiger partial charge is 0.241 e. The summed E-state index contributed by atoms with van der Waals surface area (Å²) in [5.74, 6) is 0. The third kappa shape index (κ3) is 2.20. The van der Waals surface area contributed by atoms with Gasteiger partial charge in [-0.25, -0.2) is 13.1 Å². The first-order valence-electron chi connectivity index (χ1n) is 5.17. The molecule has 0 unspecified atom stereocenters. The van der Waals surface area contributed by atoms with Crippen molar-refractivity contribution in [3.05, 3.63) is 22.8 Å². The zero-order valence-electron chi connectivity index (χ0n) is 10.1. The molecule has 3 N–H and O–H groups in total. The van der Waals surface area contributed by atoms with Gasteiger partial charge in [-0.2, -0.15) is 0 Å². The number of benzene rings is 1. The second kappa shape index (κ2) is 4.43. The third-order valence-corrected chi connectivity index (χ3v) is 4.40. The van der Waals surface area contributed by atoms with Crippen LogP contribution in [0, 0.1) is 20.8 Å². The van der Waals surface area contributed by atoms with Crippen LogP contribution >= 0.6 is 0 Å². The summed E-state index contributed by atoms with van der Waals surface area (Å²) in [4.78, 5) is 0.303. The van der Waals surface area contributed by atoms with Gasteiger partial charge in [0, 0.05) is 12.2 Å². The maximum absolute atomic E-state index is 12.0. The Morgan fingerprint density at radius 2 is 1.81 bits per heavy atom. The number of rotatable bonds is 3. The Bertz CT molecular complexity index is 507. The van der Waals surface area contributed by atoms with E-state index in [1.54, 1.807) is 26.8 Å². The van der Waals surface area contributed by atoms with E-state index in [4.69, 9.17) is 5.73 Å². The quantitative estimate of drug-likeness (QED) is 0.789. The zero-order valence-corrected chi connectivity index (χ0v) is 10.9. The lowest BCUT2D eigenvalue weighted by molar-refractivity contribution is 0.582. The molecule has 0 aliphatic carbocycles. The van der Waals surface area contributed by atoms with Crippen LogP contribution in [0.4, 0.5) is 5.69 Å². The second-order valence-electron chi connectivity index (χ2n) is 3.88. The highest BCUT2D eigenvalue weighted by molar-refractivity contribution is 7.89. The van der Waals surface area contributed by atoms with Gasteiger partial charge in [0.1, 0.15) is 0 Å². The first kappa shape index (κ1) is 13.0. The number of anilines is 1. The van der Waals surface area contributed by atoms with Gasteiger partial charge in [-0.3, -0.25) is 0 Å². The predicted octanol–water partition coefficient (Wildman–Crippen LogP) is 1.49. The van der Waals surface area contributed by atoms with Crippen LogP contribution in [-0.4, -0.2) is 15.0 Å². The van der Waals surface area contributed by atoms with Crippen molar-refractivity contribution in [3.8, 4) is 0 Å². The molecule has 0 aliphatic rings. The van der Waals surface area contributed by atoms with Crippen molar-refractivity contribution in [2.75, 3.05) is 12.3 Å². The molecule has 1 rings (SSSR count). The molecule has 0 fully saturated rings. The van der Waals surface area contributed by atoms with E-state index in [0.717, 1.165) is 11.1 Å². The Labute approximate surface area is 96.9 Å². The summed E-state index contributed by atoms with van der Waals surface area (Å²) < 4.78 is 26.4. The molecule has 1 aromatic carbocycles. The Hall–Kier alpha value is -1.07. The molecule has 0 bridgehead atoms. The van der Waals surface area contributed by atoms with Gasteiger partial charge >= 0.3 is 0 Å². The lowest BCUT2D eigenvalue weighted by Gasteiger charge is -2.14. The van der Waals surface area contributed by atoms with Gasteiger partial charge in [-0.05, 0) is 37.5 Å². The summed E-state index contributed by atoms with van der Waals surface area (Å²) in [6, 6.07) is 1.80. The molecule has 4 nitrogen and oxygen atoms in total. The highest BCUT2D eigenvalue weighted by atomic mass is 32.2. The van der Waals surface area contributed by atoms with Crippen LogP contribution < -0.4 is 10.5 Å². The molecular weight excluding hydrogens is 224 g/mol. The highest BCUT2D eigenvalue weighted by Gasteiger charge is 2.20. The van der Waals surface area contributed by atoms with Crippen LogP contribution in [0.1, 0.15) is 23.6 Å². The van der Waals surface area contributed by atoms with Crippen molar-refractivity contribution in [1.29, 1.82) is 0 Å². The average Bonchev–Trinajstić information content (AvgIpc) is 2.13. The summed E-state index contributed by atoms with van der Waals surface area (Å²) in [6.07, 6.45) is 0. The van der Waals surface area contributed by atoms with E-state index in [1.807, 2.05) is 6.92 Å². The van der Waals surface area contributed by atoms with E-state index in [2.05, 4.69) is 4.72 Å². The number of sulfonamides is 1. The monoisotopic (exact) mass is 242 g/mol. The van der Waals surface area contributed by atoms with Crippen molar-refractivity contribution in [1.82, 2.24) is 4.72 Å². The molecule has 0 saturated heterocycles. The Morgan fingerprint density at radius 1 is 1.25 bits per heavy atom. The number of aryl methyl sites for hydroxylation is 2. The van der Waals surface area contributed by atoms with E-state index in [9.17, 15) is 8.42 Å². The molecular formula is C11H18N2O2S. The summed E-state index contributed by atoms with van der Waals surface area (Å²) in [6.45, 7) is 7.51. The molecule has 0 spiro atoms. The number of nitrogen functional groups attached to an aromatic ring is 1. The Balaban J connectivity index is 3.52. The van der Waals surface area contributed by atoms with Crippen molar-refractivity contribution in [2.24, 2.45) is 0 Å². The molecule has 16 heavy (non-hydrogen) atoms. The second-order valence-corrected chi connectivity index (χ2v) is 5.58. The summed E-state index contributed by atoms with van der Waals surface area (Å²) in [5.41, 5.74) is 8.65. The first-order chi connectivity index (χ1) is 7.31. The SMILES string of the molecule is CCNS(=O)(=O)c1c(C)cc(C)c(N)c1C. The molecule has 0 atom stereocenters. The minimum atomic E-state index is -3.44. The van der Waals surface area contributed by atoms with Crippen LogP contribution in [0.25, 0.3) is 0 Å². The van der Waals surface area contributed by atoms with Crippen LogP contribution in [0.3, 0.4) is 0 Å². The van der Waals surface area contributed by atoms with Crippen molar-refractivity contribution >= 4 is 15.7 Å². The van der Waals surface area contributed by atoms with Crippen LogP contribution in [0.5, 0.6) is 0 Å². The van der Waals surface area contributed by atoms with Crippen molar-refractivity contribution in [2.45, 2.75) is 32.6 Å². The Kier molecular flexibility index (Phi) is 3.60. The number of nitrogens with two attached hydrogens (primary N) is 1. The van der Waals surface area contributed by atoms with Gasteiger partial charge in [0.05, 0.1) is 4.90 Å². The van der Waals surface area contributed by atoms with E-state index >= 15 is 0 Å². The molecule has 5 heteroatoms. The fourth-order valence-corrected chi connectivity index (χ4v) is 3.38. The number of hydrogen-bond donors (Lipinski definition) is 2. The lowest BCUT2D eigenvalue weighted by atomic mass is 10.1. The molecule has 0 aliphatic heterocycles. The van der Waals surface area contributed by atoms with E-state index in [0.29, 0.717) is 22.7 Å². The largest absolute Gasteiger partial charge is 0.398 e. The average molecular weight is 242 g/mol.